The molecule has 3 aromatic carbocycles. The van der Waals surface area contributed by atoms with Crippen molar-refractivity contribution in [2.45, 2.75) is 0 Å². The molecule has 8 nitrogen and oxygen atoms in total. The van der Waals surface area contributed by atoms with Crippen molar-refractivity contribution in [2.75, 3.05) is 0 Å². The zero-order valence-electron chi connectivity index (χ0n) is 14.5. The fourth-order valence-electron chi connectivity index (χ4n) is 2.34. The predicted octanol–water partition coefficient (Wildman–Crippen LogP) is 5.00. The summed E-state index contributed by atoms with van der Waals surface area (Å²) in [5, 5.41) is 21.6. The van der Waals surface area contributed by atoms with E-state index in [2.05, 4.69) is 9.98 Å². The van der Waals surface area contributed by atoms with Crippen LogP contribution >= 0.6 is 0 Å². The average Bonchev–Trinajstić information content (AvgIpc) is 2.72. The van der Waals surface area contributed by atoms with E-state index in [9.17, 15) is 20.2 Å². The number of hydrogen-bond acceptors (Lipinski definition) is 6. The first-order chi connectivity index (χ1) is 13.5. The van der Waals surface area contributed by atoms with Gasteiger partial charge in [-0.3, -0.25) is 30.2 Å². The van der Waals surface area contributed by atoms with Gasteiger partial charge < -0.3 is 0 Å². The third-order valence-corrected chi connectivity index (χ3v) is 3.74. The Morgan fingerprint density at radius 2 is 1.04 bits per heavy atom. The largest absolute Gasteiger partial charge is 0.271 e. The van der Waals surface area contributed by atoms with Gasteiger partial charge in [0, 0.05) is 36.7 Å². The SMILES string of the molecule is O=[N+]([O-])c1cccc(N=Cc2ccc(C=Nc3cccc([N+](=O)[O-])c3)cc2)c1. The van der Waals surface area contributed by atoms with Crippen molar-refractivity contribution in [1.29, 1.82) is 0 Å². The van der Waals surface area contributed by atoms with Crippen LogP contribution in [0.3, 0.4) is 0 Å². The maximum Gasteiger partial charge on any atom is 0.271 e. The van der Waals surface area contributed by atoms with Crippen molar-refractivity contribution < 1.29 is 9.85 Å². The predicted molar refractivity (Wildman–Crippen MR) is 107 cm³/mol. The van der Waals surface area contributed by atoms with Crippen LogP contribution in [0.4, 0.5) is 22.7 Å². The molecule has 3 rings (SSSR count). The lowest BCUT2D eigenvalue weighted by atomic mass is 10.1. The molecule has 3 aromatic rings. The van der Waals surface area contributed by atoms with Crippen LogP contribution in [-0.2, 0) is 0 Å². The van der Waals surface area contributed by atoms with Gasteiger partial charge in [-0.2, -0.15) is 0 Å². The first-order valence-electron chi connectivity index (χ1n) is 8.18. The molecule has 0 aliphatic heterocycles. The van der Waals surface area contributed by atoms with E-state index in [4.69, 9.17) is 0 Å². The van der Waals surface area contributed by atoms with Gasteiger partial charge in [-0.05, 0) is 23.3 Å². The Bertz CT molecular complexity index is 989. The minimum absolute atomic E-state index is 0.0117. The summed E-state index contributed by atoms with van der Waals surface area (Å²) < 4.78 is 0. The molecule has 0 unspecified atom stereocenters. The van der Waals surface area contributed by atoms with Crippen molar-refractivity contribution in [2.24, 2.45) is 9.98 Å². The lowest BCUT2D eigenvalue weighted by Gasteiger charge is -1.97. The van der Waals surface area contributed by atoms with Gasteiger partial charge in [-0.25, -0.2) is 0 Å². The number of nitro benzene ring substituents is 2. The molecule has 0 amide bonds. The average molecular weight is 374 g/mol. The minimum atomic E-state index is -0.464. The van der Waals surface area contributed by atoms with Gasteiger partial charge in [0.1, 0.15) is 0 Å². The summed E-state index contributed by atoms with van der Waals surface area (Å²) in [4.78, 5) is 29.1. The first-order valence-corrected chi connectivity index (χ1v) is 8.18. The number of benzene rings is 3. The second-order valence-electron chi connectivity index (χ2n) is 5.74. The number of non-ortho nitro benzene ring substituents is 2. The number of rotatable bonds is 6. The third-order valence-electron chi connectivity index (χ3n) is 3.74. The van der Waals surface area contributed by atoms with E-state index in [1.54, 1.807) is 36.7 Å². The molecule has 8 heteroatoms. The van der Waals surface area contributed by atoms with Crippen LogP contribution in [0.25, 0.3) is 0 Å². The Balaban J connectivity index is 1.70. The molecule has 0 saturated carbocycles. The van der Waals surface area contributed by atoms with Gasteiger partial charge >= 0.3 is 0 Å². The highest BCUT2D eigenvalue weighted by atomic mass is 16.6. The van der Waals surface area contributed by atoms with E-state index >= 15 is 0 Å². The maximum atomic E-state index is 10.8. The molecule has 0 radical (unpaired) electrons. The fraction of sp³-hybridized carbons (Fsp3) is 0. The molecule has 0 spiro atoms. The van der Waals surface area contributed by atoms with E-state index in [1.165, 1.54) is 24.3 Å². The van der Waals surface area contributed by atoms with Crippen LogP contribution in [0.2, 0.25) is 0 Å². The monoisotopic (exact) mass is 374 g/mol. The highest BCUT2D eigenvalue weighted by Crippen LogP contribution is 2.20. The van der Waals surface area contributed by atoms with Crippen molar-refractivity contribution in [3.8, 4) is 0 Å². The standard InChI is InChI=1S/C20H14N4O4/c25-23(26)19-5-1-3-17(11-19)21-13-15-7-9-16(10-8-15)14-22-18-4-2-6-20(12-18)24(27)28/h1-14H. The van der Waals surface area contributed by atoms with E-state index in [0.717, 1.165) is 11.1 Å². The highest BCUT2D eigenvalue weighted by Gasteiger charge is 2.05. The van der Waals surface area contributed by atoms with Gasteiger partial charge in [0.05, 0.1) is 21.2 Å². The van der Waals surface area contributed by atoms with E-state index in [-0.39, 0.29) is 11.4 Å². The van der Waals surface area contributed by atoms with Gasteiger partial charge in [-0.1, -0.05) is 36.4 Å². The van der Waals surface area contributed by atoms with E-state index < -0.39 is 9.85 Å². The van der Waals surface area contributed by atoms with Gasteiger partial charge in [0.2, 0.25) is 0 Å². The summed E-state index contributed by atoms with van der Waals surface area (Å²) in [5.74, 6) is 0. The molecular weight excluding hydrogens is 360 g/mol. The van der Waals surface area contributed by atoms with Crippen LogP contribution in [-0.4, -0.2) is 22.3 Å². The Kier molecular flexibility index (Phi) is 5.61. The van der Waals surface area contributed by atoms with Gasteiger partial charge in [-0.15, -0.1) is 0 Å². The Morgan fingerprint density at radius 3 is 1.39 bits per heavy atom. The summed E-state index contributed by atoms with van der Waals surface area (Å²) >= 11 is 0. The van der Waals surface area contributed by atoms with Crippen LogP contribution in [0, 0.1) is 20.2 Å². The number of nitrogens with zero attached hydrogens (tertiary/aromatic N) is 4. The summed E-state index contributed by atoms with van der Waals surface area (Å²) in [6.45, 7) is 0. The molecule has 138 valence electrons. The molecule has 0 saturated heterocycles. The van der Waals surface area contributed by atoms with Crippen molar-refractivity contribution >= 4 is 35.2 Å². The molecular formula is C20H14N4O4. The van der Waals surface area contributed by atoms with E-state index in [0.29, 0.717) is 11.4 Å². The quantitative estimate of drug-likeness (QED) is 0.343. The maximum absolute atomic E-state index is 10.8. The van der Waals surface area contributed by atoms with Crippen LogP contribution in [0.5, 0.6) is 0 Å². The second-order valence-corrected chi connectivity index (χ2v) is 5.74. The molecule has 0 aromatic heterocycles. The zero-order chi connectivity index (χ0) is 19.9. The normalized spacial score (nSPS) is 11.1. The molecule has 0 N–H and O–H groups in total. The number of aliphatic imine (C=N–C) groups is 2. The van der Waals surface area contributed by atoms with Gasteiger partial charge in [0.25, 0.3) is 11.4 Å². The van der Waals surface area contributed by atoms with Crippen molar-refractivity contribution in [3.05, 3.63) is 104 Å². The molecule has 0 atom stereocenters. The lowest BCUT2D eigenvalue weighted by Crippen LogP contribution is -1.87. The van der Waals surface area contributed by atoms with Crippen molar-refractivity contribution in [1.82, 2.24) is 0 Å². The van der Waals surface area contributed by atoms with Crippen LogP contribution in [0.1, 0.15) is 11.1 Å². The minimum Gasteiger partial charge on any atom is -0.258 e. The number of nitro groups is 2. The first kappa shape index (κ1) is 18.6. The lowest BCUT2D eigenvalue weighted by molar-refractivity contribution is -0.385. The van der Waals surface area contributed by atoms with Crippen LogP contribution in [0.15, 0.2) is 82.8 Å². The van der Waals surface area contributed by atoms with Crippen molar-refractivity contribution in [3.63, 3.8) is 0 Å². The molecule has 0 aliphatic rings. The molecule has 0 heterocycles. The Labute approximate surface area is 159 Å². The molecule has 0 aliphatic carbocycles. The summed E-state index contributed by atoms with van der Waals surface area (Å²) in [6, 6.07) is 19.5. The molecule has 28 heavy (non-hydrogen) atoms. The topological polar surface area (TPSA) is 111 Å². The van der Waals surface area contributed by atoms with E-state index in [1.807, 2.05) is 24.3 Å². The number of hydrogen-bond donors (Lipinski definition) is 0. The summed E-state index contributed by atoms with van der Waals surface area (Å²) in [7, 11) is 0. The van der Waals surface area contributed by atoms with Crippen LogP contribution < -0.4 is 0 Å². The highest BCUT2D eigenvalue weighted by molar-refractivity contribution is 5.86. The Hall–Kier alpha value is -4.20. The third kappa shape index (κ3) is 4.92. The molecule has 0 bridgehead atoms. The zero-order valence-corrected chi connectivity index (χ0v) is 14.5. The molecule has 0 fully saturated rings. The summed E-state index contributed by atoms with van der Waals surface area (Å²) in [6.07, 6.45) is 3.22. The Morgan fingerprint density at radius 1 is 0.643 bits per heavy atom. The van der Waals surface area contributed by atoms with Gasteiger partial charge in [0.15, 0.2) is 0 Å². The summed E-state index contributed by atoms with van der Waals surface area (Å²) in [5.41, 5.74) is 2.60. The fourth-order valence-corrected chi connectivity index (χ4v) is 2.34. The smallest absolute Gasteiger partial charge is 0.258 e. The second kappa shape index (κ2) is 8.45.